The number of ether oxygens (including phenoxy) is 2. The Bertz CT molecular complexity index is 494. The Morgan fingerprint density at radius 2 is 1.67 bits per heavy atom. The zero-order valence-corrected chi connectivity index (χ0v) is 14.5. The molecular formula is C20H28O4. The summed E-state index contributed by atoms with van der Waals surface area (Å²) < 4.78 is 10.1. The van der Waals surface area contributed by atoms with Crippen LogP contribution in [0, 0.1) is 0 Å². The van der Waals surface area contributed by atoms with Crippen molar-refractivity contribution < 1.29 is 19.1 Å². The largest absolute Gasteiger partial charge is 0.461 e. The van der Waals surface area contributed by atoms with E-state index in [2.05, 4.69) is 6.92 Å². The van der Waals surface area contributed by atoms with Gasteiger partial charge in [0, 0.05) is 0 Å². The number of carbonyl (C=O) groups excluding carboxylic acids is 2. The van der Waals surface area contributed by atoms with E-state index in [0.717, 1.165) is 18.4 Å². The van der Waals surface area contributed by atoms with Crippen LogP contribution in [-0.4, -0.2) is 11.9 Å². The second kappa shape index (κ2) is 13.3. The van der Waals surface area contributed by atoms with Gasteiger partial charge >= 0.3 is 11.9 Å². The van der Waals surface area contributed by atoms with Crippen LogP contribution in [0.5, 0.6) is 0 Å². The van der Waals surface area contributed by atoms with Crippen molar-refractivity contribution in [3.63, 3.8) is 0 Å². The topological polar surface area (TPSA) is 52.6 Å². The molecule has 4 heteroatoms. The van der Waals surface area contributed by atoms with Gasteiger partial charge < -0.3 is 9.47 Å². The van der Waals surface area contributed by atoms with E-state index in [0.29, 0.717) is 0 Å². The fraction of sp³-hybridized carbons (Fsp3) is 0.500. The molecule has 132 valence electrons. The molecule has 1 aromatic rings. The number of allylic oxidation sites excluding steroid dienone is 1. The highest BCUT2D eigenvalue weighted by Gasteiger charge is 2.08. The summed E-state index contributed by atoms with van der Waals surface area (Å²) >= 11 is 0. The van der Waals surface area contributed by atoms with Crippen LogP contribution >= 0.6 is 0 Å². The molecule has 0 aliphatic carbocycles. The molecule has 0 heterocycles. The first-order valence-corrected chi connectivity index (χ1v) is 8.76. The third-order valence-electron chi connectivity index (χ3n) is 3.55. The standard InChI is InChI=1S/C20H28O4/c1-2-3-4-5-6-7-11-16-23-19(21)14-15-20(22)24-17-18-12-9-8-10-13-18/h8-13,16H,2-7,14-15,17H2,1H3. The zero-order valence-electron chi connectivity index (χ0n) is 14.5. The van der Waals surface area contributed by atoms with E-state index in [9.17, 15) is 9.59 Å². The van der Waals surface area contributed by atoms with Crippen LogP contribution in [-0.2, 0) is 25.7 Å². The highest BCUT2D eigenvalue weighted by molar-refractivity contribution is 5.77. The third kappa shape index (κ3) is 10.6. The maximum Gasteiger partial charge on any atom is 0.311 e. The molecule has 0 saturated carbocycles. The van der Waals surface area contributed by atoms with Gasteiger partial charge in [0.1, 0.15) is 6.61 Å². The van der Waals surface area contributed by atoms with E-state index in [1.165, 1.54) is 31.9 Å². The van der Waals surface area contributed by atoms with E-state index in [1.54, 1.807) is 0 Å². The average molecular weight is 332 g/mol. The Morgan fingerprint density at radius 3 is 2.42 bits per heavy atom. The Kier molecular flexibility index (Phi) is 11.1. The minimum Gasteiger partial charge on any atom is -0.461 e. The molecule has 0 amide bonds. The van der Waals surface area contributed by atoms with Gasteiger partial charge in [-0.3, -0.25) is 9.59 Å². The lowest BCUT2D eigenvalue weighted by Gasteiger charge is -2.04. The Labute approximate surface area is 144 Å². The molecule has 1 rings (SSSR count). The molecule has 0 radical (unpaired) electrons. The molecule has 0 aromatic heterocycles. The molecule has 0 aliphatic heterocycles. The van der Waals surface area contributed by atoms with Crippen molar-refractivity contribution in [2.45, 2.75) is 64.9 Å². The van der Waals surface area contributed by atoms with Gasteiger partial charge in [0.05, 0.1) is 19.1 Å². The first-order valence-electron chi connectivity index (χ1n) is 8.76. The van der Waals surface area contributed by atoms with Crippen molar-refractivity contribution in [2.75, 3.05) is 0 Å². The molecule has 0 atom stereocenters. The molecule has 0 bridgehead atoms. The maximum atomic E-state index is 11.6. The summed E-state index contributed by atoms with van der Waals surface area (Å²) in [4.78, 5) is 23.1. The van der Waals surface area contributed by atoms with Gasteiger partial charge in [-0.15, -0.1) is 0 Å². The van der Waals surface area contributed by atoms with Gasteiger partial charge in [-0.05, 0) is 24.5 Å². The average Bonchev–Trinajstić information content (AvgIpc) is 2.61. The lowest BCUT2D eigenvalue weighted by molar-refractivity contribution is -0.148. The molecule has 0 aliphatic rings. The molecule has 0 saturated heterocycles. The van der Waals surface area contributed by atoms with E-state index < -0.39 is 11.9 Å². The van der Waals surface area contributed by atoms with Gasteiger partial charge in [-0.1, -0.05) is 62.9 Å². The first kappa shape index (κ1) is 19.9. The quantitative estimate of drug-likeness (QED) is 0.309. The third-order valence-corrected chi connectivity index (χ3v) is 3.55. The van der Waals surface area contributed by atoms with Crippen LogP contribution in [0.1, 0.15) is 63.9 Å². The SMILES string of the molecule is CCCCCCCC=COC(=O)CCC(=O)OCc1ccccc1. The predicted molar refractivity (Wildman–Crippen MR) is 94.1 cm³/mol. The maximum absolute atomic E-state index is 11.6. The number of unbranched alkanes of at least 4 members (excludes halogenated alkanes) is 5. The van der Waals surface area contributed by atoms with Gasteiger partial charge in [0.15, 0.2) is 0 Å². The van der Waals surface area contributed by atoms with E-state index in [-0.39, 0.29) is 19.4 Å². The number of rotatable bonds is 12. The van der Waals surface area contributed by atoms with Crippen LogP contribution in [0.25, 0.3) is 0 Å². The lowest BCUT2D eigenvalue weighted by atomic mass is 10.1. The number of hydrogen-bond donors (Lipinski definition) is 0. The van der Waals surface area contributed by atoms with Gasteiger partial charge in [-0.2, -0.15) is 0 Å². The minimum atomic E-state index is -0.408. The molecule has 24 heavy (non-hydrogen) atoms. The van der Waals surface area contributed by atoms with Crippen molar-refractivity contribution in [1.82, 2.24) is 0 Å². The molecule has 4 nitrogen and oxygen atoms in total. The fourth-order valence-corrected chi connectivity index (χ4v) is 2.13. The molecule has 0 fully saturated rings. The van der Waals surface area contributed by atoms with Gasteiger partial charge in [0.2, 0.25) is 0 Å². The highest BCUT2D eigenvalue weighted by Crippen LogP contribution is 2.06. The number of hydrogen-bond acceptors (Lipinski definition) is 4. The van der Waals surface area contributed by atoms with E-state index in [1.807, 2.05) is 36.4 Å². The number of esters is 2. The monoisotopic (exact) mass is 332 g/mol. The summed E-state index contributed by atoms with van der Waals surface area (Å²) in [6.07, 6.45) is 10.4. The van der Waals surface area contributed by atoms with Crippen molar-refractivity contribution in [2.24, 2.45) is 0 Å². The summed E-state index contributed by atoms with van der Waals surface area (Å²) in [5.74, 6) is -0.801. The normalized spacial score (nSPS) is 10.7. The lowest BCUT2D eigenvalue weighted by Crippen LogP contribution is -2.08. The van der Waals surface area contributed by atoms with Crippen LogP contribution in [0.2, 0.25) is 0 Å². The van der Waals surface area contributed by atoms with Crippen LogP contribution < -0.4 is 0 Å². The molecule has 1 aromatic carbocycles. The summed E-state index contributed by atoms with van der Waals surface area (Å²) in [7, 11) is 0. The summed E-state index contributed by atoms with van der Waals surface area (Å²) in [6.45, 7) is 2.42. The fourth-order valence-electron chi connectivity index (χ4n) is 2.13. The van der Waals surface area contributed by atoms with Crippen molar-refractivity contribution in [3.05, 3.63) is 48.2 Å². The first-order chi connectivity index (χ1) is 11.7. The van der Waals surface area contributed by atoms with E-state index in [4.69, 9.17) is 9.47 Å². The second-order valence-corrected chi connectivity index (χ2v) is 5.71. The summed E-state index contributed by atoms with van der Waals surface area (Å²) in [6, 6.07) is 9.44. The summed E-state index contributed by atoms with van der Waals surface area (Å²) in [5, 5.41) is 0. The minimum absolute atomic E-state index is 0.0362. The smallest absolute Gasteiger partial charge is 0.311 e. The predicted octanol–water partition coefficient (Wildman–Crippen LogP) is 4.93. The molecule has 0 unspecified atom stereocenters. The molecule has 0 N–H and O–H groups in total. The van der Waals surface area contributed by atoms with Crippen molar-refractivity contribution in [3.8, 4) is 0 Å². The number of carbonyl (C=O) groups is 2. The van der Waals surface area contributed by atoms with Crippen LogP contribution in [0.15, 0.2) is 42.7 Å². The molecule has 0 spiro atoms. The Hall–Kier alpha value is -2.10. The van der Waals surface area contributed by atoms with Gasteiger partial charge in [-0.25, -0.2) is 0 Å². The van der Waals surface area contributed by atoms with Crippen LogP contribution in [0.3, 0.4) is 0 Å². The van der Waals surface area contributed by atoms with Gasteiger partial charge in [0.25, 0.3) is 0 Å². The van der Waals surface area contributed by atoms with E-state index >= 15 is 0 Å². The number of benzene rings is 1. The van der Waals surface area contributed by atoms with Crippen molar-refractivity contribution >= 4 is 11.9 Å². The highest BCUT2D eigenvalue weighted by atomic mass is 16.5. The van der Waals surface area contributed by atoms with Crippen LogP contribution in [0.4, 0.5) is 0 Å². The second-order valence-electron chi connectivity index (χ2n) is 5.71. The zero-order chi connectivity index (χ0) is 17.5. The molecular weight excluding hydrogens is 304 g/mol. The Balaban J connectivity index is 2.03. The Morgan fingerprint density at radius 1 is 0.958 bits per heavy atom. The van der Waals surface area contributed by atoms with Crippen molar-refractivity contribution in [1.29, 1.82) is 0 Å². The summed E-state index contributed by atoms with van der Waals surface area (Å²) in [5.41, 5.74) is 0.926.